The van der Waals surface area contributed by atoms with Gasteiger partial charge in [0.25, 0.3) is 0 Å². The zero-order chi connectivity index (χ0) is 10.7. The van der Waals surface area contributed by atoms with Gasteiger partial charge in [0, 0.05) is 19.1 Å². The molecule has 3 nitrogen and oxygen atoms in total. The van der Waals surface area contributed by atoms with Gasteiger partial charge in [-0.25, -0.2) is 0 Å². The molecule has 15 heavy (non-hydrogen) atoms. The van der Waals surface area contributed by atoms with E-state index in [9.17, 15) is 0 Å². The summed E-state index contributed by atoms with van der Waals surface area (Å²) in [6.07, 6.45) is 5.16. The van der Waals surface area contributed by atoms with Gasteiger partial charge < -0.3 is 4.90 Å². The summed E-state index contributed by atoms with van der Waals surface area (Å²) in [7, 11) is 0. The molecule has 0 bridgehead atoms. The van der Waals surface area contributed by atoms with Crippen molar-refractivity contribution >= 4 is 0 Å². The number of nitrogens with one attached hydrogen (secondary N) is 1. The Labute approximate surface area is 92.4 Å². The van der Waals surface area contributed by atoms with Crippen LogP contribution in [-0.4, -0.2) is 36.6 Å². The third-order valence-electron chi connectivity index (χ3n) is 3.35. The lowest BCUT2D eigenvalue weighted by molar-refractivity contribution is 0.175. The van der Waals surface area contributed by atoms with Gasteiger partial charge in [-0.2, -0.15) is 5.26 Å². The van der Waals surface area contributed by atoms with E-state index in [-0.39, 0.29) is 6.04 Å². The first-order valence-corrected chi connectivity index (χ1v) is 6.16. The Morgan fingerprint density at radius 3 is 2.87 bits per heavy atom. The molecule has 2 rings (SSSR count). The Hall–Kier alpha value is -0.590. The van der Waals surface area contributed by atoms with Crippen molar-refractivity contribution in [2.24, 2.45) is 5.92 Å². The molecule has 0 aromatic heterocycles. The number of rotatable bonds is 4. The first-order chi connectivity index (χ1) is 7.28. The molecule has 2 aliphatic rings. The van der Waals surface area contributed by atoms with Crippen LogP contribution in [0.25, 0.3) is 0 Å². The topological polar surface area (TPSA) is 39.1 Å². The molecular weight excluding hydrogens is 186 g/mol. The minimum absolute atomic E-state index is 0.0443. The van der Waals surface area contributed by atoms with Crippen LogP contribution in [0.15, 0.2) is 0 Å². The van der Waals surface area contributed by atoms with E-state index in [0.717, 1.165) is 12.5 Å². The second-order valence-corrected chi connectivity index (χ2v) is 5.13. The van der Waals surface area contributed by atoms with Crippen molar-refractivity contribution in [2.45, 2.75) is 44.7 Å². The fraction of sp³-hybridized carbons (Fsp3) is 0.917. The fourth-order valence-corrected chi connectivity index (χ4v) is 2.38. The zero-order valence-corrected chi connectivity index (χ0v) is 9.58. The van der Waals surface area contributed by atoms with Crippen molar-refractivity contribution in [1.29, 1.82) is 5.26 Å². The van der Waals surface area contributed by atoms with Gasteiger partial charge in [0.15, 0.2) is 0 Å². The zero-order valence-electron chi connectivity index (χ0n) is 9.58. The summed E-state index contributed by atoms with van der Waals surface area (Å²) < 4.78 is 0. The second-order valence-electron chi connectivity index (χ2n) is 5.13. The highest BCUT2D eigenvalue weighted by molar-refractivity contribution is 4.97. The largest absolute Gasteiger partial charge is 0.300 e. The molecule has 0 radical (unpaired) electrons. The van der Waals surface area contributed by atoms with Crippen LogP contribution in [0.1, 0.15) is 32.6 Å². The van der Waals surface area contributed by atoms with Gasteiger partial charge in [0.2, 0.25) is 0 Å². The summed E-state index contributed by atoms with van der Waals surface area (Å²) in [6, 6.07) is 3.06. The van der Waals surface area contributed by atoms with Crippen LogP contribution >= 0.6 is 0 Å². The van der Waals surface area contributed by atoms with Crippen molar-refractivity contribution in [3.63, 3.8) is 0 Å². The Morgan fingerprint density at radius 2 is 2.27 bits per heavy atom. The molecule has 1 saturated heterocycles. The lowest BCUT2D eigenvalue weighted by Gasteiger charge is -2.32. The van der Waals surface area contributed by atoms with E-state index >= 15 is 0 Å². The second kappa shape index (κ2) is 4.96. The van der Waals surface area contributed by atoms with Crippen molar-refractivity contribution < 1.29 is 0 Å². The van der Waals surface area contributed by atoms with Gasteiger partial charge in [-0.05, 0) is 38.1 Å². The Balaban J connectivity index is 1.75. The van der Waals surface area contributed by atoms with Gasteiger partial charge in [0.05, 0.1) is 6.07 Å². The third kappa shape index (κ3) is 3.48. The minimum Gasteiger partial charge on any atom is -0.300 e. The number of nitrogens with zero attached hydrogens (tertiary/aromatic N) is 2. The molecule has 1 saturated carbocycles. The Kier molecular flexibility index (Phi) is 3.61. The molecule has 84 valence electrons. The monoisotopic (exact) mass is 207 g/mol. The highest BCUT2D eigenvalue weighted by Gasteiger charge is 2.26. The third-order valence-corrected chi connectivity index (χ3v) is 3.35. The van der Waals surface area contributed by atoms with Crippen LogP contribution < -0.4 is 5.32 Å². The van der Waals surface area contributed by atoms with E-state index in [1.165, 1.54) is 38.8 Å². The first kappa shape index (κ1) is 10.9. The average molecular weight is 207 g/mol. The predicted octanol–water partition coefficient (Wildman–Crippen LogP) is 1.36. The highest BCUT2D eigenvalue weighted by Crippen LogP contribution is 2.20. The van der Waals surface area contributed by atoms with Gasteiger partial charge >= 0.3 is 0 Å². The maximum absolute atomic E-state index is 9.06. The van der Waals surface area contributed by atoms with Crippen molar-refractivity contribution in [1.82, 2.24) is 10.2 Å². The summed E-state index contributed by atoms with van der Waals surface area (Å²) in [5.41, 5.74) is 0. The smallest absolute Gasteiger partial charge is 0.108 e. The SMILES string of the molecule is CC1CCCN(CC(C#N)NC2CC2)C1. The summed E-state index contributed by atoms with van der Waals surface area (Å²) in [6.45, 7) is 5.57. The number of piperidine rings is 1. The number of nitriles is 1. The van der Waals surface area contributed by atoms with Crippen molar-refractivity contribution in [2.75, 3.05) is 19.6 Å². The standard InChI is InChI=1S/C12H21N3/c1-10-3-2-6-15(8-10)9-12(7-13)14-11-4-5-11/h10-12,14H,2-6,8-9H2,1H3. The normalized spacial score (nSPS) is 29.7. The summed E-state index contributed by atoms with van der Waals surface area (Å²) >= 11 is 0. The maximum Gasteiger partial charge on any atom is 0.108 e. The lowest BCUT2D eigenvalue weighted by Crippen LogP contribution is -2.44. The molecule has 1 N–H and O–H groups in total. The van der Waals surface area contributed by atoms with Gasteiger partial charge in [-0.15, -0.1) is 0 Å². The van der Waals surface area contributed by atoms with E-state index < -0.39 is 0 Å². The van der Waals surface area contributed by atoms with Gasteiger partial charge in [0.1, 0.15) is 6.04 Å². The fourth-order valence-electron chi connectivity index (χ4n) is 2.38. The molecule has 3 heteroatoms. The Bertz CT molecular complexity index is 242. The summed E-state index contributed by atoms with van der Waals surface area (Å²) in [5, 5.41) is 12.5. The summed E-state index contributed by atoms with van der Waals surface area (Å²) in [5.74, 6) is 0.805. The van der Waals surface area contributed by atoms with Crippen molar-refractivity contribution in [3.8, 4) is 6.07 Å². The predicted molar refractivity (Wildman–Crippen MR) is 60.4 cm³/mol. The highest BCUT2D eigenvalue weighted by atomic mass is 15.2. The molecule has 2 unspecified atom stereocenters. The number of hydrogen-bond donors (Lipinski definition) is 1. The van der Waals surface area contributed by atoms with Crippen molar-refractivity contribution in [3.05, 3.63) is 0 Å². The minimum atomic E-state index is 0.0443. The molecule has 2 fully saturated rings. The van der Waals surface area contributed by atoms with Gasteiger partial charge in [-0.3, -0.25) is 5.32 Å². The summed E-state index contributed by atoms with van der Waals surface area (Å²) in [4.78, 5) is 2.44. The quantitative estimate of drug-likeness (QED) is 0.756. The molecule has 0 aromatic rings. The molecule has 0 aromatic carbocycles. The molecule has 1 aliphatic heterocycles. The van der Waals surface area contributed by atoms with Gasteiger partial charge in [-0.1, -0.05) is 6.92 Å². The molecule has 2 atom stereocenters. The molecular formula is C12H21N3. The van der Waals surface area contributed by atoms with Crippen LogP contribution in [0.3, 0.4) is 0 Å². The molecule has 0 amide bonds. The van der Waals surface area contributed by atoms with E-state index in [1.54, 1.807) is 0 Å². The van der Waals surface area contributed by atoms with Crippen LogP contribution in [-0.2, 0) is 0 Å². The maximum atomic E-state index is 9.06. The molecule has 1 aliphatic carbocycles. The van der Waals surface area contributed by atoms with E-state index in [4.69, 9.17) is 5.26 Å². The molecule has 0 spiro atoms. The van der Waals surface area contributed by atoms with Crippen LogP contribution in [0.2, 0.25) is 0 Å². The number of hydrogen-bond acceptors (Lipinski definition) is 3. The van der Waals surface area contributed by atoms with Crippen LogP contribution in [0.4, 0.5) is 0 Å². The van der Waals surface area contributed by atoms with Crippen LogP contribution in [0.5, 0.6) is 0 Å². The van der Waals surface area contributed by atoms with E-state index in [0.29, 0.717) is 6.04 Å². The van der Waals surface area contributed by atoms with Crippen LogP contribution in [0, 0.1) is 17.2 Å². The lowest BCUT2D eigenvalue weighted by atomic mass is 10.00. The number of likely N-dealkylation sites (tertiary alicyclic amines) is 1. The first-order valence-electron chi connectivity index (χ1n) is 6.16. The average Bonchev–Trinajstić information content (AvgIpc) is 3.01. The molecule has 1 heterocycles. The van der Waals surface area contributed by atoms with E-state index in [2.05, 4.69) is 23.2 Å². The van der Waals surface area contributed by atoms with E-state index in [1.807, 2.05) is 0 Å². The Morgan fingerprint density at radius 1 is 1.47 bits per heavy atom.